The number of nitrogens with zero attached hydrogens (tertiary/aromatic N) is 4. The summed E-state index contributed by atoms with van der Waals surface area (Å²) < 4.78 is 35.5. The number of benzene rings is 1. The topological polar surface area (TPSA) is 89.3 Å². The lowest BCUT2D eigenvalue weighted by molar-refractivity contribution is 0.148. The van der Waals surface area contributed by atoms with Gasteiger partial charge in [0.25, 0.3) is 0 Å². The molecule has 1 aliphatic rings. The molecular weight excluding hydrogens is 342 g/mol. The third-order valence-electron chi connectivity index (χ3n) is 3.38. The third kappa shape index (κ3) is 3.81. The van der Waals surface area contributed by atoms with Gasteiger partial charge in [-0.25, -0.2) is 9.67 Å². The lowest BCUT2D eigenvalue weighted by Crippen LogP contribution is -2.37. The van der Waals surface area contributed by atoms with Crippen LogP contribution in [0.25, 0.3) is 5.69 Å². The standard InChI is InChI=1S/C13H16ClN5O3S/c14-12-8-11(2-3-13(12)19-10-15-9-16-19)17-23(20,21)18-4-1-6-22-7-5-18/h2-3,8-10,17H,1,4-7H2. The molecule has 124 valence electrons. The van der Waals surface area contributed by atoms with Crippen molar-refractivity contribution in [3.63, 3.8) is 0 Å². The molecule has 0 saturated carbocycles. The Kier molecular flexibility index (Phi) is 4.81. The van der Waals surface area contributed by atoms with Crippen LogP contribution in [0.5, 0.6) is 0 Å². The van der Waals surface area contributed by atoms with Crippen LogP contribution in [0.2, 0.25) is 5.02 Å². The van der Waals surface area contributed by atoms with E-state index in [1.165, 1.54) is 21.6 Å². The summed E-state index contributed by atoms with van der Waals surface area (Å²) in [6.07, 6.45) is 3.59. The van der Waals surface area contributed by atoms with E-state index in [4.69, 9.17) is 16.3 Å². The van der Waals surface area contributed by atoms with Gasteiger partial charge in [-0.3, -0.25) is 4.72 Å². The molecule has 1 saturated heterocycles. The Balaban J connectivity index is 1.78. The number of nitrogens with one attached hydrogen (secondary N) is 1. The van der Waals surface area contributed by atoms with Crippen molar-refractivity contribution >= 4 is 27.5 Å². The Morgan fingerprint density at radius 1 is 1.26 bits per heavy atom. The molecule has 1 fully saturated rings. The van der Waals surface area contributed by atoms with Crippen molar-refractivity contribution in [2.75, 3.05) is 31.0 Å². The van der Waals surface area contributed by atoms with Crippen molar-refractivity contribution in [3.05, 3.63) is 35.9 Å². The number of anilines is 1. The third-order valence-corrected chi connectivity index (χ3v) is 5.22. The molecule has 10 heteroatoms. The quantitative estimate of drug-likeness (QED) is 0.890. The summed E-state index contributed by atoms with van der Waals surface area (Å²) >= 11 is 6.20. The van der Waals surface area contributed by atoms with Crippen LogP contribution in [0, 0.1) is 0 Å². The van der Waals surface area contributed by atoms with E-state index < -0.39 is 10.2 Å². The molecule has 0 spiro atoms. The van der Waals surface area contributed by atoms with Gasteiger partial charge in [0.2, 0.25) is 0 Å². The predicted octanol–water partition coefficient (Wildman–Crippen LogP) is 1.30. The van der Waals surface area contributed by atoms with Crippen LogP contribution in [0.4, 0.5) is 5.69 Å². The van der Waals surface area contributed by atoms with Crippen molar-refractivity contribution < 1.29 is 13.2 Å². The highest BCUT2D eigenvalue weighted by Gasteiger charge is 2.23. The van der Waals surface area contributed by atoms with E-state index in [0.717, 1.165) is 0 Å². The molecule has 1 aliphatic heterocycles. The summed E-state index contributed by atoms with van der Waals surface area (Å²) in [6.45, 7) is 1.73. The molecule has 0 atom stereocenters. The van der Waals surface area contributed by atoms with Crippen molar-refractivity contribution in [1.82, 2.24) is 19.1 Å². The number of aromatic nitrogens is 3. The molecule has 1 N–H and O–H groups in total. The number of rotatable bonds is 4. The summed E-state index contributed by atoms with van der Waals surface area (Å²) in [5.74, 6) is 0. The maximum atomic E-state index is 12.4. The van der Waals surface area contributed by atoms with Crippen LogP contribution in [0.1, 0.15) is 6.42 Å². The minimum absolute atomic E-state index is 0.333. The molecule has 2 aromatic rings. The Labute approximate surface area is 139 Å². The van der Waals surface area contributed by atoms with Gasteiger partial charge in [0.15, 0.2) is 0 Å². The predicted molar refractivity (Wildman–Crippen MR) is 85.9 cm³/mol. The molecule has 0 aliphatic carbocycles. The maximum Gasteiger partial charge on any atom is 0.301 e. The first-order chi connectivity index (χ1) is 11.1. The van der Waals surface area contributed by atoms with Crippen molar-refractivity contribution in [2.24, 2.45) is 0 Å². The van der Waals surface area contributed by atoms with Crippen LogP contribution in [0.15, 0.2) is 30.9 Å². The Morgan fingerprint density at radius 3 is 2.87 bits per heavy atom. The summed E-state index contributed by atoms with van der Waals surface area (Å²) in [7, 11) is -3.63. The molecule has 0 bridgehead atoms. The van der Waals surface area contributed by atoms with Gasteiger partial charge in [-0.15, -0.1) is 0 Å². The monoisotopic (exact) mass is 357 g/mol. The zero-order valence-electron chi connectivity index (χ0n) is 12.2. The molecule has 0 radical (unpaired) electrons. The number of hydrogen-bond donors (Lipinski definition) is 1. The second-order valence-electron chi connectivity index (χ2n) is 4.98. The zero-order valence-corrected chi connectivity index (χ0v) is 13.8. The fourth-order valence-corrected chi connectivity index (χ4v) is 3.77. The molecule has 0 unspecified atom stereocenters. The van der Waals surface area contributed by atoms with E-state index in [9.17, 15) is 8.42 Å². The highest BCUT2D eigenvalue weighted by molar-refractivity contribution is 7.90. The highest BCUT2D eigenvalue weighted by Crippen LogP contribution is 2.24. The summed E-state index contributed by atoms with van der Waals surface area (Å²) in [5.41, 5.74) is 1.01. The van der Waals surface area contributed by atoms with Crippen molar-refractivity contribution in [3.8, 4) is 5.69 Å². The van der Waals surface area contributed by atoms with Gasteiger partial charge < -0.3 is 4.74 Å². The lowest BCUT2D eigenvalue weighted by atomic mass is 10.3. The number of ether oxygens (including phenoxy) is 1. The van der Waals surface area contributed by atoms with E-state index in [0.29, 0.717) is 49.1 Å². The Hall–Kier alpha value is -1.68. The first-order valence-corrected chi connectivity index (χ1v) is 8.88. The zero-order chi connectivity index (χ0) is 16.3. The van der Waals surface area contributed by atoms with Gasteiger partial charge in [-0.2, -0.15) is 17.8 Å². The highest BCUT2D eigenvalue weighted by atomic mass is 35.5. The van der Waals surface area contributed by atoms with Crippen LogP contribution in [-0.4, -0.2) is 53.8 Å². The van der Waals surface area contributed by atoms with Crippen LogP contribution in [-0.2, 0) is 14.9 Å². The second-order valence-corrected chi connectivity index (χ2v) is 7.06. The van der Waals surface area contributed by atoms with E-state index in [1.807, 2.05) is 0 Å². The average molecular weight is 358 g/mol. The summed E-state index contributed by atoms with van der Waals surface area (Å²) in [5, 5.41) is 4.37. The van der Waals surface area contributed by atoms with Crippen molar-refractivity contribution in [2.45, 2.75) is 6.42 Å². The maximum absolute atomic E-state index is 12.4. The van der Waals surface area contributed by atoms with Gasteiger partial charge in [0.05, 0.1) is 23.0 Å². The summed E-state index contributed by atoms with van der Waals surface area (Å²) in [4.78, 5) is 3.85. The fraction of sp³-hybridized carbons (Fsp3) is 0.385. The van der Waals surface area contributed by atoms with Gasteiger partial charge in [0.1, 0.15) is 12.7 Å². The van der Waals surface area contributed by atoms with Crippen molar-refractivity contribution in [1.29, 1.82) is 0 Å². The minimum Gasteiger partial charge on any atom is -0.380 e. The molecule has 23 heavy (non-hydrogen) atoms. The SMILES string of the molecule is O=S(=O)(Nc1ccc(-n2cncn2)c(Cl)c1)N1CCCOCC1. The Morgan fingerprint density at radius 2 is 2.13 bits per heavy atom. The molecule has 0 amide bonds. The van der Waals surface area contributed by atoms with E-state index in [1.54, 1.807) is 18.2 Å². The normalized spacial score (nSPS) is 16.9. The number of halogens is 1. The minimum atomic E-state index is -3.63. The molecule has 3 rings (SSSR count). The molecule has 8 nitrogen and oxygen atoms in total. The van der Waals surface area contributed by atoms with Gasteiger partial charge in [-0.05, 0) is 24.6 Å². The summed E-state index contributed by atoms with van der Waals surface area (Å²) in [6, 6.07) is 4.86. The van der Waals surface area contributed by atoms with Crippen LogP contribution < -0.4 is 4.72 Å². The van der Waals surface area contributed by atoms with Gasteiger partial charge in [-0.1, -0.05) is 11.6 Å². The smallest absolute Gasteiger partial charge is 0.301 e. The molecule has 1 aromatic heterocycles. The molecule has 1 aromatic carbocycles. The largest absolute Gasteiger partial charge is 0.380 e. The first-order valence-electron chi connectivity index (χ1n) is 7.06. The Bertz CT molecular complexity index is 758. The van der Waals surface area contributed by atoms with Crippen LogP contribution in [0.3, 0.4) is 0 Å². The molecule has 2 heterocycles. The van der Waals surface area contributed by atoms with E-state index in [-0.39, 0.29) is 0 Å². The molecular formula is C13H16ClN5O3S. The number of hydrogen-bond acceptors (Lipinski definition) is 5. The van der Waals surface area contributed by atoms with Gasteiger partial charge in [0, 0.05) is 19.7 Å². The first kappa shape index (κ1) is 16.2. The lowest BCUT2D eigenvalue weighted by Gasteiger charge is -2.20. The van der Waals surface area contributed by atoms with E-state index >= 15 is 0 Å². The van der Waals surface area contributed by atoms with Crippen LogP contribution >= 0.6 is 11.6 Å². The van der Waals surface area contributed by atoms with Gasteiger partial charge >= 0.3 is 10.2 Å². The van der Waals surface area contributed by atoms with E-state index in [2.05, 4.69) is 14.8 Å². The fourth-order valence-electron chi connectivity index (χ4n) is 2.27. The average Bonchev–Trinajstić information content (AvgIpc) is 2.88. The second kappa shape index (κ2) is 6.83.